The molecular formula is C15H12O2. The van der Waals surface area contributed by atoms with E-state index in [1.54, 1.807) is 36.4 Å². The highest BCUT2D eigenvalue weighted by Crippen LogP contribution is 2.17. The molecule has 0 fully saturated rings. The van der Waals surface area contributed by atoms with E-state index in [1.807, 2.05) is 24.3 Å². The summed E-state index contributed by atoms with van der Waals surface area (Å²) in [7, 11) is 0. The second-order valence-corrected chi connectivity index (χ2v) is 3.62. The first kappa shape index (κ1) is 11.1. The fourth-order valence-corrected chi connectivity index (χ4v) is 1.49. The van der Waals surface area contributed by atoms with E-state index in [1.165, 1.54) is 6.08 Å². The van der Waals surface area contributed by atoms with Gasteiger partial charge in [-0.15, -0.1) is 0 Å². The second kappa shape index (κ2) is 5.12. The molecule has 2 aromatic rings. The van der Waals surface area contributed by atoms with E-state index in [0.29, 0.717) is 11.1 Å². The van der Waals surface area contributed by atoms with Crippen LogP contribution in [0.4, 0.5) is 0 Å². The summed E-state index contributed by atoms with van der Waals surface area (Å²) in [5.74, 6) is 0.0958. The number of carbonyl (C=O) groups excluding carboxylic acids is 1. The van der Waals surface area contributed by atoms with Gasteiger partial charge in [-0.3, -0.25) is 4.79 Å². The molecule has 84 valence electrons. The standard InChI is InChI=1S/C15H12O2/c16-14-9-5-4-8-13(14)10-11-15(17)12-6-2-1-3-7-12/h1-11,16H/b11-10-. The third kappa shape index (κ3) is 2.82. The number of aromatic hydroxyl groups is 1. The highest BCUT2D eigenvalue weighted by molar-refractivity contribution is 6.06. The summed E-state index contributed by atoms with van der Waals surface area (Å²) in [5.41, 5.74) is 1.27. The summed E-state index contributed by atoms with van der Waals surface area (Å²) in [6, 6.07) is 15.9. The fraction of sp³-hybridized carbons (Fsp3) is 0. The number of benzene rings is 2. The van der Waals surface area contributed by atoms with Crippen molar-refractivity contribution in [3.63, 3.8) is 0 Å². The molecule has 2 nitrogen and oxygen atoms in total. The van der Waals surface area contributed by atoms with Crippen molar-refractivity contribution in [3.05, 3.63) is 71.8 Å². The predicted molar refractivity (Wildman–Crippen MR) is 67.9 cm³/mol. The highest BCUT2D eigenvalue weighted by Gasteiger charge is 2.00. The minimum absolute atomic E-state index is 0.0751. The SMILES string of the molecule is O=C(/C=C\c1ccccc1O)c1ccccc1. The van der Waals surface area contributed by atoms with Gasteiger partial charge in [-0.1, -0.05) is 48.5 Å². The molecule has 0 bridgehead atoms. The van der Waals surface area contributed by atoms with Crippen LogP contribution in [0.3, 0.4) is 0 Å². The van der Waals surface area contributed by atoms with Crippen molar-refractivity contribution < 1.29 is 9.90 Å². The number of para-hydroxylation sites is 1. The van der Waals surface area contributed by atoms with Crippen molar-refractivity contribution in [2.24, 2.45) is 0 Å². The molecule has 1 N–H and O–H groups in total. The van der Waals surface area contributed by atoms with Gasteiger partial charge in [0.2, 0.25) is 0 Å². The minimum atomic E-state index is -0.0751. The Morgan fingerprint density at radius 1 is 0.941 bits per heavy atom. The normalized spacial score (nSPS) is 10.6. The van der Waals surface area contributed by atoms with Crippen molar-refractivity contribution in [2.45, 2.75) is 0 Å². The first-order valence-electron chi connectivity index (χ1n) is 5.33. The molecule has 0 aliphatic rings. The molecule has 0 aliphatic heterocycles. The first-order chi connectivity index (χ1) is 8.27. The van der Waals surface area contributed by atoms with E-state index in [2.05, 4.69) is 0 Å². The van der Waals surface area contributed by atoms with Crippen LogP contribution >= 0.6 is 0 Å². The van der Waals surface area contributed by atoms with Crippen LogP contribution in [0.1, 0.15) is 15.9 Å². The summed E-state index contributed by atoms with van der Waals surface area (Å²) in [4.78, 5) is 11.8. The summed E-state index contributed by atoms with van der Waals surface area (Å²) < 4.78 is 0. The smallest absolute Gasteiger partial charge is 0.185 e. The van der Waals surface area contributed by atoms with Gasteiger partial charge in [0, 0.05) is 11.1 Å². The number of hydrogen-bond donors (Lipinski definition) is 1. The van der Waals surface area contributed by atoms with Gasteiger partial charge in [0.25, 0.3) is 0 Å². The number of carbonyl (C=O) groups is 1. The zero-order chi connectivity index (χ0) is 12.1. The fourth-order valence-electron chi connectivity index (χ4n) is 1.49. The van der Waals surface area contributed by atoms with Crippen LogP contribution in [0.15, 0.2) is 60.7 Å². The molecule has 0 unspecified atom stereocenters. The van der Waals surface area contributed by atoms with E-state index in [0.717, 1.165) is 0 Å². The molecular weight excluding hydrogens is 212 g/mol. The van der Waals surface area contributed by atoms with Gasteiger partial charge in [0.1, 0.15) is 5.75 Å². The van der Waals surface area contributed by atoms with Crippen molar-refractivity contribution in [1.29, 1.82) is 0 Å². The van der Waals surface area contributed by atoms with E-state index < -0.39 is 0 Å². The Morgan fingerprint density at radius 2 is 1.59 bits per heavy atom. The van der Waals surface area contributed by atoms with Gasteiger partial charge in [-0.05, 0) is 18.2 Å². The monoisotopic (exact) mass is 224 g/mol. The minimum Gasteiger partial charge on any atom is -0.507 e. The van der Waals surface area contributed by atoms with Crippen molar-refractivity contribution in [2.75, 3.05) is 0 Å². The van der Waals surface area contributed by atoms with Gasteiger partial charge in [-0.2, -0.15) is 0 Å². The highest BCUT2D eigenvalue weighted by atomic mass is 16.3. The molecule has 0 atom stereocenters. The molecule has 0 aromatic heterocycles. The van der Waals surface area contributed by atoms with Gasteiger partial charge < -0.3 is 5.11 Å². The Morgan fingerprint density at radius 3 is 2.29 bits per heavy atom. The molecule has 0 radical (unpaired) electrons. The number of ketones is 1. The van der Waals surface area contributed by atoms with E-state index in [9.17, 15) is 9.90 Å². The van der Waals surface area contributed by atoms with Gasteiger partial charge in [-0.25, -0.2) is 0 Å². The maximum atomic E-state index is 11.8. The van der Waals surface area contributed by atoms with E-state index in [4.69, 9.17) is 0 Å². The van der Waals surface area contributed by atoms with Gasteiger partial charge in [0.15, 0.2) is 5.78 Å². The molecule has 2 aromatic carbocycles. The lowest BCUT2D eigenvalue weighted by atomic mass is 10.1. The summed E-state index contributed by atoms with van der Waals surface area (Å²) in [5, 5.41) is 9.53. The molecule has 2 rings (SSSR count). The number of phenols is 1. The van der Waals surface area contributed by atoms with Crippen LogP contribution in [-0.2, 0) is 0 Å². The first-order valence-corrected chi connectivity index (χ1v) is 5.33. The largest absolute Gasteiger partial charge is 0.507 e. The molecule has 0 heterocycles. The van der Waals surface area contributed by atoms with Crippen LogP contribution in [0.5, 0.6) is 5.75 Å². The zero-order valence-electron chi connectivity index (χ0n) is 9.21. The quantitative estimate of drug-likeness (QED) is 0.641. The lowest BCUT2D eigenvalue weighted by molar-refractivity contribution is 0.104. The van der Waals surface area contributed by atoms with Gasteiger partial charge in [0.05, 0.1) is 0 Å². The Labute approximate surface area is 99.8 Å². The number of hydrogen-bond acceptors (Lipinski definition) is 2. The number of phenolic OH excluding ortho intramolecular Hbond substituents is 1. The van der Waals surface area contributed by atoms with Crippen molar-refractivity contribution in [1.82, 2.24) is 0 Å². The molecule has 2 heteroatoms. The maximum absolute atomic E-state index is 11.8. The Balaban J connectivity index is 2.17. The van der Waals surface area contributed by atoms with Crippen LogP contribution < -0.4 is 0 Å². The van der Waals surface area contributed by atoms with Gasteiger partial charge >= 0.3 is 0 Å². The second-order valence-electron chi connectivity index (χ2n) is 3.62. The van der Waals surface area contributed by atoms with Crippen LogP contribution in [0.25, 0.3) is 6.08 Å². The average Bonchev–Trinajstić information content (AvgIpc) is 2.38. The lowest BCUT2D eigenvalue weighted by Gasteiger charge is -1.97. The molecule has 17 heavy (non-hydrogen) atoms. The molecule has 0 saturated carbocycles. The van der Waals surface area contributed by atoms with E-state index >= 15 is 0 Å². The van der Waals surface area contributed by atoms with Crippen LogP contribution in [0.2, 0.25) is 0 Å². The van der Waals surface area contributed by atoms with Crippen LogP contribution in [0, 0.1) is 0 Å². The third-order valence-corrected chi connectivity index (χ3v) is 2.41. The summed E-state index contributed by atoms with van der Waals surface area (Å²) in [6.07, 6.45) is 3.08. The molecule has 0 saturated heterocycles. The summed E-state index contributed by atoms with van der Waals surface area (Å²) in [6.45, 7) is 0. The number of allylic oxidation sites excluding steroid dienone is 1. The lowest BCUT2D eigenvalue weighted by Crippen LogP contribution is -1.92. The van der Waals surface area contributed by atoms with Crippen molar-refractivity contribution in [3.8, 4) is 5.75 Å². The third-order valence-electron chi connectivity index (χ3n) is 2.41. The molecule has 0 spiro atoms. The maximum Gasteiger partial charge on any atom is 0.185 e. The summed E-state index contributed by atoms with van der Waals surface area (Å²) >= 11 is 0. The van der Waals surface area contributed by atoms with E-state index in [-0.39, 0.29) is 11.5 Å². The topological polar surface area (TPSA) is 37.3 Å². The molecule has 0 amide bonds. The number of rotatable bonds is 3. The average molecular weight is 224 g/mol. The van der Waals surface area contributed by atoms with Crippen molar-refractivity contribution >= 4 is 11.9 Å². The Kier molecular flexibility index (Phi) is 3.36. The van der Waals surface area contributed by atoms with Crippen LogP contribution in [-0.4, -0.2) is 10.9 Å². The zero-order valence-corrected chi connectivity index (χ0v) is 9.21. The predicted octanol–water partition coefficient (Wildman–Crippen LogP) is 3.29. The Hall–Kier alpha value is -2.35. The molecule has 0 aliphatic carbocycles. The Bertz CT molecular complexity index is 542.